The molecule has 138 valence electrons. The minimum atomic E-state index is 0. The molecule has 2 saturated heterocycles. The van der Waals surface area contributed by atoms with E-state index in [0.29, 0.717) is 6.04 Å². The Morgan fingerprint density at radius 3 is 2.71 bits per heavy atom. The van der Waals surface area contributed by atoms with Crippen LogP contribution in [0.1, 0.15) is 36.4 Å². The van der Waals surface area contributed by atoms with Crippen molar-refractivity contribution in [3.8, 4) is 0 Å². The number of likely N-dealkylation sites (tertiary alicyclic amines) is 1. The fourth-order valence-electron chi connectivity index (χ4n) is 3.36. The van der Waals surface area contributed by atoms with Crippen molar-refractivity contribution in [1.82, 2.24) is 20.5 Å². The molecule has 1 atom stereocenters. The van der Waals surface area contributed by atoms with Crippen LogP contribution in [0.25, 0.3) is 0 Å². The molecule has 1 aromatic rings. The molecule has 5 nitrogen and oxygen atoms in total. The van der Waals surface area contributed by atoms with Crippen LogP contribution in [-0.4, -0.2) is 48.0 Å². The van der Waals surface area contributed by atoms with Crippen LogP contribution in [0, 0.1) is 12.8 Å². The number of thiazole rings is 1. The van der Waals surface area contributed by atoms with Crippen LogP contribution in [-0.2, 0) is 11.3 Å². The summed E-state index contributed by atoms with van der Waals surface area (Å²) in [6.07, 6.45) is 4.35. The highest BCUT2D eigenvalue weighted by Gasteiger charge is 2.26. The lowest BCUT2D eigenvalue weighted by Gasteiger charge is -2.31. The first-order valence-electron chi connectivity index (χ1n) is 8.35. The van der Waals surface area contributed by atoms with Gasteiger partial charge in [-0.05, 0) is 52.2 Å². The minimum absolute atomic E-state index is 0. The van der Waals surface area contributed by atoms with Crippen molar-refractivity contribution in [2.45, 2.75) is 45.2 Å². The number of hydrogen-bond acceptors (Lipinski definition) is 5. The number of aromatic nitrogens is 1. The number of piperidine rings is 1. The first-order valence-corrected chi connectivity index (χ1v) is 9.23. The van der Waals surface area contributed by atoms with Gasteiger partial charge in [0.15, 0.2) is 0 Å². The predicted octanol–water partition coefficient (Wildman–Crippen LogP) is 2.38. The normalized spacial score (nSPS) is 21.8. The molecule has 3 rings (SSSR count). The van der Waals surface area contributed by atoms with Crippen molar-refractivity contribution >= 4 is 42.1 Å². The highest BCUT2D eigenvalue weighted by Crippen LogP contribution is 2.20. The molecule has 1 unspecified atom stereocenters. The summed E-state index contributed by atoms with van der Waals surface area (Å²) in [4.78, 5) is 19.2. The van der Waals surface area contributed by atoms with Gasteiger partial charge in [-0.3, -0.25) is 9.69 Å². The van der Waals surface area contributed by atoms with Gasteiger partial charge in [-0.15, -0.1) is 36.2 Å². The monoisotopic (exact) mass is 394 g/mol. The standard InChI is InChI=1S/C16H26N4OS.2ClH/c1-12-19-15(11-22-12)10-20-7-4-13(5-8-20)16(21)18-9-14-3-2-6-17-14;;/h11,13-14,17H,2-10H2,1H3,(H,18,21);2*1H. The number of hydrogen-bond donors (Lipinski definition) is 2. The molecule has 1 aromatic heterocycles. The van der Waals surface area contributed by atoms with Crippen molar-refractivity contribution in [2.24, 2.45) is 5.92 Å². The largest absolute Gasteiger partial charge is 0.354 e. The molecule has 3 heterocycles. The van der Waals surface area contributed by atoms with E-state index >= 15 is 0 Å². The van der Waals surface area contributed by atoms with Gasteiger partial charge in [0.1, 0.15) is 0 Å². The lowest BCUT2D eigenvalue weighted by molar-refractivity contribution is -0.126. The van der Waals surface area contributed by atoms with Gasteiger partial charge >= 0.3 is 0 Å². The van der Waals surface area contributed by atoms with Crippen LogP contribution in [0.15, 0.2) is 5.38 Å². The Morgan fingerprint density at radius 2 is 2.12 bits per heavy atom. The van der Waals surface area contributed by atoms with Gasteiger partial charge < -0.3 is 10.6 Å². The molecular weight excluding hydrogens is 367 g/mol. The number of nitrogens with zero attached hydrogens (tertiary/aromatic N) is 2. The van der Waals surface area contributed by atoms with Gasteiger partial charge in [0.25, 0.3) is 0 Å². The van der Waals surface area contributed by atoms with E-state index in [0.717, 1.165) is 56.3 Å². The number of aryl methyl sites for hydroxylation is 1. The molecule has 1 amide bonds. The van der Waals surface area contributed by atoms with E-state index < -0.39 is 0 Å². The van der Waals surface area contributed by atoms with Gasteiger partial charge in [-0.1, -0.05) is 0 Å². The summed E-state index contributed by atoms with van der Waals surface area (Å²) in [5.41, 5.74) is 1.16. The molecule has 0 spiro atoms. The van der Waals surface area contributed by atoms with Crippen molar-refractivity contribution in [2.75, 3.05) is 26.2 Å². The molecule has 2 fully saturated rings. The van der Waals surface area contributed by atoms with Crippen molar-refractivity contribution in [3.63, 3.8) is 0 Å². The highest BCUT2D eigenvalue weighted by molar-refractivity contribution is 7.09. The van der Waals surface area contributed by atoms with Gasteiger partial charge in [0.05, 0.1) is 10.7 Å². The van der Waals surface area contributed by atoms with E-state index in [1.165, 1.54) is 12.8 Å². The second-order valence-corrected chi connectivity index (χ2v) is 7.51. The molecule has 0 aliphatic carbocycles. The summed E-state index contributed by atoms with van der Waals surface area (Å²) < 4.78 is 0. The van der Waals surface area contributed by atoms with Crippen molar-refractivity contribution in [1.29, 1.82) is 0 Å². The number of nitrogens with one attached hydrogen (secondary N) is 2. The quantitative estimate of drug-likeness (QED) is 0.804. The average Bonchev–Trinajstić information content (AvgIpc) is 3.17. The maximum absolute atomic E-state index is 12.3. The lowest BCUT2D eigenvalue weighted by Crippen LogP contribution is -2.43. The van der Waals surface area contributed by atoms with E-state index in [-0.39, 0.29) is 36.6 Å². The third-order valence-electron chi connectivity index (χ3n) is 4.70. The summed E-state index contributed by atoms with van der Waals surface area (Å²) in [6.45, 7) is 6.84. The van der Waals surface area contributed by atoms with Crippen molar-refractivity contribution < 1.29 is 4.79 Å². The van der Waals surface area contributed by atoms with Crippen LogP contribution in [0.5, 0.6) is 0 Å². The predicted molar refractivity (Wildman–Crippen MR) is 103 cm³/mol. The molecule has 0 saturated carbocycles. The fraction of sp³-hybridized carbons (Fsp3) is 0.750. The zero-order chi connectivity index (χ0) is 15.4. The van der Waals surface area contributed by atoms with Gasteiger partial charge in [0, 0.05) is 30.4 Å². The Labute approximate surface area is 160 Å². The smallest absolute Gasteiger partial charge is 0.223 e. The third-order valence-corrected chi connectivity index (χ3v) is 5.52. The number of carbonyl (C=O) groups is 1. The van der Waals surface area contributed by atoms with E-state index in [2.05, 4.69) is 25.9 Å². The van der Waals surface area contributed by atoms with E-state index in [1.54, 1.807) is 11.3 Å². The summed E-state index contributed by atoms with van der Waals surface area (Å²) >= 11 is 1.71. The number of amides is 1. The number of rotatable bonds is 5. The first kappa shape index (κ1) is 21.6. The minimum Gasteiger partial charge on any atom is -0.354 e. The maximum Gasteiger partial charge on any atom is 0.223 e. The molecule has 2 aliphatic heterocycles. The molecule has 2 N–H and O–H groups in total. The lowest BCUT2D eigenvalue weighted by atomic mass is 9.95. The van der Waals surface area contributed by atoms with E-state index in [1.807, 2.05) is 6.92 Å². The van der Waals surface area contributed by atoms with Crippen molar-refractivity contribution in [3.05, 3.63) is 16.1 Å². The number of halogens is 2. The number of carbonyl (C=O) groups excluding carboxylic acids is 1. The molecule has 0 aromatic carbocycles. The Hall–Kier alpha value is -0.400. The Kier molecular flexibility index (Phi) is 9.52. The summed E-state index contributed by atoms with van der Waals surface area (Å²) in [6, 6.07) is 0.483. The third kappa shape index (κ3) is 6.15. The zero-order valence-electron chi connectivity index (χ0n) is 14.1. The van der Waals surface area contributed by atoms with Crippen LogP contribution >= 0.6 is 36.2 Å². The average molecular weight is 395 g/mol. The molecule has 2 aliphatic rings. The molecule has 0 radical (unpaired) electrons. The molecule has 8 heteroatoms. The Balaban J connectivity index is 0.00000144. The SMILES string of the molecule is Cc1nc(CN2CCC(C(=O)NCC3CCCN3)CC2)cs1.Cl.Cl. The zero-order valence-corrected chi connectivity index (χ0v) is 16.6. The van der Waals surface area contributed by atoms with Crippen LogP contribution in [0.4, 0.5) is 0 Å². The van der Waals surface area contributed by atoms with Crippen LogP contribution in [0.3, 0.4) is 0 Å². The summed E-state index contributed by atoms with van der Waals surface area (Å²) in [7, 11) is 0. The van der Waals surface area contributed by atoms with E-state index in [4.69, 9.17) is 0 Å². The van der Waals surface area contributed by atoms with Gasteiger partial charge in [-0.2, -0.15) is 0 Å². The Morgan fingerprint density at radius 1 is 1.38 bits per heavy atom. The van der Waals surface area contributed by atoms with Gasteiger partial charge in [0.2, 0.25) is 5.91 Å². The molecule has 24 heavy (non-hydrogen) atoms. The molecular formula is C16H28Cl2N4OS. The van der Waals surface area contributed by atoms with Gasteiger partial charge in [-0.25, -0.2) is 4.98 Å². The Bertz CT molecular complexity index is 500. The first-order chi connectivity index (χ1) is 10.7. The van der Waals surface area contributed by atoms with E-state index in [9.17, 15) is 4.79 Å². The fourth-order valence-corrected chi connectivity index (χ4v) is 3.97. The molecule has 0 bridgehead atoms. The summed E-state index contributed by atoms with van der Waals surface area (Å²) in [5.74, 6) is 0.438. The van der Waals surface area contributed by atoms with Crippen LogP contribution < -0.4 is 10.6 Å². The second kappa shape index (κ2) is 10.6. The maximum atomic E-state index is 12.3. The topological polar surface area (TPSA) is 57.3 Å². The second-order valence-electron chi connectivity index (χ2n) is 6.45. The highest BCUT2D eigenvalue weighted by atomic mass is 35.5. The summed E-state index contributed by atoms with van der Waals surface area (Å²) in [5, 5.41) is 9.82. The van der Waals surface area contributed by atoms with Crippen LogP contribution in [0.2, 0.25) is 0 Å².